The highest BCUT2D eigenvalue weighted by atomic mass is 19.4. The van der Waals surface area contributed by atoms with Crippen LogP contribution in [-0.2, 0) is 9.59 Å². The fourth-order valence-electron chi connectivity index (χ4n) is 1.57. The molecular formula is C12H12F3NO4. The number of ether oxygens (including phenoxy) is 1. The van der Waals surface area contributed by atoms with Crippen LogP contribution < -0.4 is 10.1 Å². The van der Waals surface area contributed by atoms with E-state index in [2.05, 4.69) is 10.1 Å². The standard InChI is InChI=1S/C12H12F3NO4/c1-7(17)16-10(6-11(18)19)8-2-4-9(5-3-8)20-12(13,14)15/h2-5,10H,6H2,1H3,(H,16,17)(H,18,19)/t10-/m0/s1. The number of carbonyl (C=O) groups is 2. The third-order valence-corrected chi connectivity index (χ3v) is 2.27. The molecule has 0 aliphatic carbocycles. The molecule has 0 saturated carbocycles. The van der Waals surface area contributed by atoms with Crippen LogP contribution in [0.1, 0.15) is 24.9 Å². The van der Waals surface area contributed by atoms with Crippen molar-refractivity contribution in [3.8, 4) is 5.75 Å². The van der Waals surface area contributed by atoms with Gasteiger partial charge in [-0.2, -0.15) is 0 Å². The molecule has 0 unspecified atom stereocenters. The minimum Gasteiger partial charge on any atom is -0.481 e. The van der Waals surface area contributed by atoms with E-state index in [1.165, 1.54) is 19.1 Å². The predicted molar refractivity (Wildman–Crippen MR) is 61.9 cm³/mol. The Morgan fingerprint density at radius 1 is 1.30 bits per heavy atom. The summed E-state index contributed by atoms with van der Waals surface area (Å²) >= 11 is 0. The van der Waals surface area contributed by atoms with Crippen LogP contribution in [0.2, 0.25) is 0 Å². The molecule has 1 aromatic carbocycles. The molecule has 1 rings (SSSR count). The SMILES string of the molecule is CC(=O)N[C@@H](CC(=O)O)c1ccc(OC(F)(F)F)cc1. The van der Waals surface area contributed by atoms with Gasteiger partial charge in [-0.15, -0.1) is 13.2 Å². The number of carbonyl (C=O) groups excluding carboxylic acids is 1. The van der Waals surface area contributed by atoms with Crippen molar-refractivity contribution >= 4 is 11.9 Å². The highest BCUT2D eigenvalue weighted by Gasteiger charge is 2.31. The highest BCUT2D eigenvalue weighted by molar-refractivity contribution is 5.75. The fourth-order valence-corrected chi connectivity index (χ4v) is 1.57. The molecule has 5 nitrogen and oxygen atoms in total. The second-order valence-corrected chi connectivity index (χ2v) is 3.97. The Balaban J connectivity index is 2.86. The average molecular weight is 291 g/mol. The van der Waals surface area contributed by atoms with Gasteiger partial charge in [0.25, 0.3) is 0 Å². The molecule has 0 bridgehead atoms. The molecule has 0 aliphatic heterocycles. The molecule has 0 radical (unpaired) electrons. The molecule has 1 amide bonds. The van der Waals surface area contributed by atoms with Gasteiger partial charge in [-0.05, 0) is 17.7 Å². The van der Waals surface area contributed by atoms with E-state index in [4.69, 9.17) is 5.11 Å². The van der Waals surface area contributed by atoms with Crippen molar-refractivity contribution in [2.75, 3.05) is 0 Å². The van der Waals surface area contributed by atoms with Gasteiger partial charge in [0, 0.05) is 6.92 Å². The maximum atomic E-state index is 12.0. The fraction of sp³-hybridized carbons (Fsp3) is 0.333. The Bertz CT molecular complexity index is 468. The maximum Gasteiger partial charge on any atom is 0.573 e. The summed E-state index contributed by atoms with van der Waals surface area (Å²) in [6, 6.07) is 3.83. The Kier molecular flexibility index (Phi) is 4.95. The first-order valence-electron chi connectivity index (χ1n) is 5.52. The summed E-state index contributed by atoms with van der Waals surface area (Å²) in [7, 11) is 0. The summed E-state index contributed by atoms with van der Waals surface area (Å²) in [6.07, 6.45) is -5.17. The van der Waals surface area contributed by atoms with Gasteiger partial charge in [-0.25, -0.2) is 0 Å². The summed E-state index contributed by atoms with van der Waals surface area (Å²) in [6.45, 7) is 1.22. The van der Waals surface area contributed by atoms with E-state index in [0.717, 1.165) is 12.1 Å². The van der Waals surface area contributed by atoms with Crippen molar-refractivity contribution in [2.24, 2.45) is 0 Å². The van der Waals surface area contributed by atoms with Crippen LogP contribution in [-0.4, -0.2) is 23.3 Å². The molecule has 1 atom stereocenters. The number of nitrogens with one attached hydrogen (secondary N) is 1. The Morgan fingerprint density at radius 3 is 2.25 bits per heavy atom. The number of alkyl halides is 3. The van der Waals surface area contributed by atoms with Gasteiger partial charge in [0.05, 0.1) is 12.5 Å². The predicted octanol–water partition coefficient (Wildman–Crippen LogP) is 2.24. The van der Waals surface area contributed by atoms with E-state index in [1.807, 2.05) is 0 Å². The van der Waals surface area contributed by atoms with Crippen molar-refractivity contribution < 1.29 is 32.6 Å². The van der Waals surface area contributed by atoms with E-state index in [9.17, 15) is 22.8 Å². The molecule has 0 aromatic heterocycles. The van der Waals surface area contributed by atoms with Gasteiger partial charge in [-0.1, -0.05) is 12.1 Å². The van der Waals surface area contributed by atoms with Gasteiger partial charge in [0.15, 0.2) is 0 Å². The van der Waals surface area contributed by atoms with Crippen LogP contribution in [0.5, 0.6) is 5.75 Å². The van der Waals surface area contributed by atoms with Crippen LogP contribution in [0, 0.1) is 0 Å². The van der Waals surface area contributed by atoms with Crippen molar-refractivity contribution in [3.05, 3.63) is 29.8 Å². The number of benzene rings is 1. The van der Waals surface area contributed by atoms with E-state index in [-0.39, 0.29) is 6.42 Å². The van der Waals surface area contributed by atoms with Crippen LogP contribution in [0.15, 0.2) is 24.3 Å². The lowest BCUT2D eigenvalue weighted by Crippen LogP contribution is -2.28. The van der Waals surface area contributed by atoms with E-state index in [0.29, 0.717) is 5.56 Å². The van der Waals surface area contributed by atoms with Gasteiger partial charge < -0.3 is 15.2 Å². The van der Waals surface area contributed by atoms with Crippen LogP contribution in [0.4, 0.5) is 13.2 Å². The molecule has 0 saturated heterocycles. The number of carboxylic acids is 1. The number of carboxylic acid groups (broad SMARTS) is 1. The normalized spacial score (nSPS) is 12.6. The zero-order valence-corrected chi connectivity index (χ0v) is 10.4. The minimum absolute atomic E-state index is 0.372. The first kappa shape index (κ1) is 15.8. The smallest absolute Gasteiger partial charge is 0.481 e. The third kappa shape index (κ3) is 5.59. The van der Waals surface area contributed by atoms with Crippen molar-refractivity contribution in [2.45, 2.75) is 25.7 Å². The van der Waals surface area contributed by atoms with Gasteiger partial charge in [0.2, 0.25) is 5.91 Å². The second kappa shape index (κ2) is 6.27. The third-order valence-electron chi connectivity index (χ3n) is 2.27. The van der Waals surface area contributed by atoms with E-state index < -0.39 is 30.0 Å². The van der Waals surface area contributed by atoms with Crippen molar-refractivity contribution in [1.29, 1.82) is 0 Å². The quantitative estimate of drug-likeness (QED) is 0.872. The first-order valence-corrected chi connectivity index (χ1v) is 5.52. The first-order chi connectivity index (χ1) is 9.17. The molecule has 2 N–H and O–H groups in total. The number of aliphatic carboxylic acids is 1. The van der Waals surface area contributed by atoms with Crippen molar-refractivity contribution in [1.82, 2.24) is 5.32 Å². The Labute approximate surface area is 112 Å². The maximum absolute atomic E-state index is 12.0. The molecule has 1 aromatic rings. The Hall–Kier alpha value is -2.25. The summed E-state index contributed by atoms with van der Waals surface area (Å²) in [5.41, 5.74) is 0.372. The molecule has 0 fully saturated rings. The van der Waals surface area contributed by atoms with E-state index in [1.54, 1.807) is 0 Å². The lowest BCUT2D eigenvalue weighted by atomic mass is 10.0. The van der Waals surface area contributed by atoms with Gasteiger partial charge in [0.1, 0.15) is 5.75 Å². The molecule has 0 spiro atoms. The van der Waals surface area contributed by atoms with Crippen LogP contribution in [0.3, 0.4) is 0 Å². The summed E-state index contributed by atoms with van der Waals surface area (Å²) in [5.74, 6) is -2.00. The number of hydrogen-bond acceptors (Lipinski definition) is 3. The topological polar surface area (TPSA) is 75.6 Å². The largest absolute Gasteiger partial charge is 0.573 e. The molecule has 0 aliphatic rings. The van der Waals surface area contributed by atoms with Crippen LogP contribution in [0.25, 0.3) is 0 Å². The zero-order chi connectivity index (χ0) is 15.3. The number of halogens is 3. The second-order valence-electron chi connectivity index (χ2n) is 3.97. The summed E-state index contributed by atoms with van der Waals surface area (Å²) in [4.78, 5) is 21.7. The lowest BCUT2D eigenvalue weighted by molar-refractivity contribution is -0.274. The number of rotatable bonds is 5. The molecule has 8 heteroatoms. The van der Waals surface area contributed by atoms with Crippen LogP contribution >= 0.6 is 0 Å². The summed E-state index contributed by atoms with van der Waals surface area (Å²) in [5, 5.41) is 11.2. The van der Waals surface area contributed by atoms with E-state index >= 15 is 0 Å². The highest BCUT2D eigenvalue weighted by Crippen LogP contribution is 2.25. The molecule has 20 heavy (non-hydrogen) atoms. The number of amides is 1. The van der Waals surface area contributed by atoms with Gasteiger partial charge in [-0.3, -0.25) is 9.59 Å². The minimum atomic E-state index is -4.79. The zero-order valence-electron chi connectivity index (χ0n) is 10.4. The lowest BCUT2D eigenvalue weighted by Gasteiger charge is -2.17. The average Bonchev–Trinajstić information content (AvgIpc) is 2.25. The molecule has 110 valence electrons. The molecule has 0 heterocycles. The number of hydrogen-bond donors (Lipinski definition) is 2. The van der Waals surface area contributed by atoms with Gasteiger partial charge >= 0.3 is 12.3 Å². The van der Waals surface area contributed by atoms with Crippen molar-refractivity contribution in [3.63, 3.8) is 0 Å². The molecular weight excluding hydrogens is 279 g/mol. The Morgan fingerprint density at radius 2 is 1.85 bits per heavy atom. The summed E-state index contributed by atoms with van der Waals surface area (Å²) < 4.78 is 39.7. The monoisotopic (exact) mass is 291 g/mol.